The molecule has 1 heterocycles. The minimum atomic E-state index is -0.0853. The molecule has 1 N–H and O–H groups in total. The maximum absolute atomic E-state index is 12.3. The summed E-state index contributed by atoms with van der Waals surface area (Å²) in [6.45, 7) is 2.64. The number of hydrogen-bond donors (Lipinski definition) is 1. The molecule has 0 fully saturated rings. The molecular weight excluding hydrogens is 367 g/mol. The number of aromatic nitrogens is 1. The van der Waals surface area contributed by atoms with E-state index in [2.05, 4.69) is 10.3 Å². The lowest BCUT2D eigenvalue weighted by Gasteiger charge is -2.04. The van der Waals surface area contributed by atoms with Crippen LogP contribution in [0.2, 0.25) is 10.0 Å². The molecule has 2 aromatic carbocycles. The first-order chi connectivity index (χ1) is 11.6. The molecule has 3 aromatic rings. The number of thiazole rings is 1. The van der Waals surface area contributed by atoms with Gasteiger partial charge in [-0.2, -0.15) is 0 Å². The van der Waals surface area contributed by atoms with Crippen LogP contribution >= 0.6 is 34.5 Å². The molecule has 0 saturated heterocycles. The summed E-state index contributed by atoms with van der Waals surface area (Å²) in [6, 6.07) is 10.6. The molecule has 0 bridgehead atoms. The Balaban J connectivity index is 1.74. The number of Topliss-reactive ketones (excluding diaryl/α,β-unsaturated/α-hetero) is 1. The van der Waals surface area contributed by atoms with Gasteiger partial charge in [-0.1, -0.05) is 40.6 Å². The highest BCUT2D eigenvalue weighted by molar-refractivity contribution is 7.22. The number of nitrogens with one attached hydrogen (secondary N) is 1. The molecule has 0 spiro atoms. The van der Waals surface area contributed by atoms with Crippen LogP contribution in [0.15, 0.2) is 36.4 Å². The lowest BCUT2D eigenvalue weighted by molar-refractivity contribution is 0.101. The van der Waals surface area contributed by atoms with Crippen molar-refractivity contribution < 1.29 is 9.53 Å². The lowest BCUT2D eigenvalue weighted by Crippen LogP contribution is -2.13. The molecule has 4 nitrogen and oxygen atoms in total. The average molecular weight is 381 g/mol. The van der Waals surface area contributed by atoms with E-state index >= 15 is 0 Å². The Morgan fingerprint density at radius 1 is 1.25 bits per heavy atom. The second-order valence-corrected chi connectivity index (χ2v) is 6.81. The number of hydrogen-bond acceptors (Lipinski definition) is 5. The van der Waals surface area contributed by atoms with Crippen molar-refractivity contribution >= 4 is 55.7 Å². The summed E-state index contributed by atoms with van der Waals surface area (Å²) < 4.78 is 6.58. The summed E-state index contributed by atoms with van der Waals surface area (Å²) in [5, 5.41) is 4.53. The highest BCUT2D eigenvalue weighted by Gasteiger charge is 2.12. The van der Waals surface area contributed by atoms with E-state index in [1.54, 1.807) is 18.2 Å². The van der Waals surface area contributed by atoms with Crippen molar-refractivity contribution in [2.75, 3.05) is 18.5 Å². The van der Waals surface area contributed by atoms with Crippen LogP contribution in [0.1, 0.15) is 17.3 Å². The third kappa shape index (κ3) is 3.64. The van der Waals surface area contributed by atoms with Gasteiger partial charge in [-0.15, -0.1) is 0 Å². The first kappa shape index (κ1) is 17.0. The largest absolute Gasteiger partial charge is 0.492 e. The van der Waals surface area contributed by atoms with Crippen LogP contribution in [0.3, 0.4) is 0 Å². The number of rotatable bonds is 6. The minimum absolute atomic E-state index is 0.0853. The Labute approximate surface area is 153 Å². The summed E-state index contributed by atoms with van der Waals surface area (Å²) in [7, 11) is 0. The zero-order valence-electron chi connectivity index (χ0n) is 12.8. The molecule has 0 unspecified atom stereocenters. The monoisotopic (exact) mass is 380 g/mol. The standard InChI is InChI=1S/C17H14Cl2N2O2S/c1-2-23-14-4-3-5-15-16(14)21-17(24-15)20-9-13(22)10-6-7-11(18)12(19)8-10/h3-8H,2,9H2,1H3,(H,20,21). The summed E-state index contributed by atoms with van der Waals surface area (Å²) in [5.41, 5.74) is 1.31. The van der Waals surface area contributed by atoms with Gasteiger partial charge in [0.25, 0.3) is 0 Å². The van der Waals surface area contributed by atoms with E-state index in [1.165, 1.54) is 11.3 Å². The van der Waals surface area contributed by atoms with E-state index < -0.39 is 0 Å². The number of carbonyl (C=O) groups is 1. The summed E-state index contributed by atoms with van der Waals surface area (Å²) in [6.07, 6.45) is 0. The van der Waals surface area contributed by atoms with Crippen LogP contribution < -0.4 is 10.1 Å². The van der Waals surface area contributed by atoms with Crippen molar-refractivity contribution in [3.63, 3.8) is 0 Å². The van der Waals surface area contributed by atoms with Gasteiger partial charge in [0.15, 0.2) is 10.9 Å². The van der Waals surface area contributed by atoms with E-state index in [0.717, 1.165) is 16.0 Å². The van der Waals surface area contributed by atoms with Crippen molar-refractivity contribution in [1.82, 2.24) is 4.98 Å². The fourth-order valence-electron chi connectivity index (χ4n) is 2.20. The average Bonchev–Trinajstić information content (AvgIpc) is 2.99. The quantitative estimate of drug-likeness (QED) is 0.589. The number of halogens is 2. The number of benzene rings is 2. The maximum atomic E-state index is 12.3. The van der Waals surface area contributed by atoms with E-state index in [0.29, 0.717) is 27.3 Å². The summed E-state index contributed by atoms with van der Waals surface area (Å²) >= 11 is 13.3. The Morgan fingerprint density at radius 2 is 2.08 bits per heavy atom. The van der Waals surface area contributed by atoms with Gasteiger partial charge in [-0.25, -0.2) is 4.98 Å². The van der Waals surface area contributed by atoms with Gasteiger partial charge in [-0.05, 0) is 37.3 Å². The van der Waals surface area contributed by atoms with Gasteiger partial charge in [0.05, 0.1) is 27.9 Å². The SMILES string of the molecule is CCOc1cccc2sc(NCC(=O)c3ccc(Cl)c(Cl)c3)nc12. The Morgan fingerprint density at radius 3 is 2.83 bits per heavy atom. The number of fused-ring (bicyclic) bond motifs is 1. The van der Waals surface area contributed by atoms with E-state index in [9.17, 15) is 4.79 Å². The van der Waals surface area contributed by atoms with Gasteiger partial charge in [0, 0.05) is 5.56 Å². The molecule has 0 saturated carbocycles. The molecule has 7 heteroatoms. The lowest BCUT2D eigenvalue weighted by atomic mass is 10.1. The van der Waals surface area contributed by atoms with Crippen molar-refractivity contribution in [2.24, 2.45) is 0 Å². The van der Waals surface area contributed by atoms with Crippen molar-refractivity contribution in [3.8, 4) is 5.75 Å². The highest BCUT2D eigenvalue weighted by atomic mass is 35.5. The van der Waals surface area contributed by atoms with E-state index in [1.807, 2.05) is 25.1 Å². The van der Waals surface area contributed by atoms with Crippen LogP contribution in [0.5, 0.6) is 5.75 Å². The van der Waals surface area contributed by atoms with Gasteiger partial charge >= 0.3 is 0 Å². The highest BCUT2D eigenvalue weighted by Crippen LogP contribution is 2.32. The van der Waals surface area contributed by atoms with E-state index in [4.69, 9.17) is 27.9 Å². The summed E-state index contributed by atoms with van der Waals surface area (Å²) in [5.74, 6) is 0.660. The fourth-order valence-corrected chi connectivity index (χ4v) is 3.38. The molecule has 3 rings (SSSR count). The third-order valence-corrected chi connectivity index (χ3v) is 5.04. The Bertz CT molecular complexity index is 895. The number of carbonyl (C=O) groups excluding carboxylic acids is 1. The van der Waals surface area contributed by atoms with Gasteiger partial charge < -0.3 is 10.1 Å². The Kier molecular flexibility index (Phi) is 5.23. The number of anilines is 1. The molecule has 0 radical (unpaired) electrons. The fraction of sp³-hybridized carbons (Fsp3) is 0.176. The number of ketones is 1. The van der Waals surface area contributed by atoms with Crippen molar-refractivity contribution in [3.05, 3.63) is 52.0 Å². The first-order valence-electron chi connectivity index (χ1n) is 7.33. The second-order valence-electron chi connectivity index (χ2n) is 4.96. The predicted molar refractivity (Wildman–Crippen MR) is 100 cm³/mol. The molecular formula is C17H14Cl2N2O2S. The minimum Gasteiger partial charge on any atom is -0.492 e. The molecule has 0 aliphatic rings. The maximum Gasteiger partial charge on any atom is 0.184 e. The zero-order chi connectivity index (χ0) is 17.1. The molecule has 124 valence electrons. The third-order valence-electron chi connectivity index (χ3n) is 3.32. The number of para-hydroxylation sites is 1. The summed E-state index contributed by atoms with van der Waals surface area (Å²) in [4.78, 5) is 16.8. The van der Waals surface area contributed by atoms with E-state index in [-0.39, 0.29) is 12.3 Å². The van der Waals surface area contributed by atoms with Gasteiger partial charge in [0.2, 0.25) is 0 Å². The van der Waals surface area contributed by atoms with Crippen LogP contribution in [-0.2, 0) is 0 Å². The molecule has 0 amide bonds. The number of nitrogens with zero attached hydrogens (tertiary/aromatic N) is 1. The molecule has 0 aliphatic carbocycles. The van der Waals surface area contributed by atoms with Crippen LogP contribution in [0, 0.1) is 0 Å². The molecule has 24 heavy (non-hydrogen) atoms. The zero-order valence-corrected chi connectivity index (χ0v) is 15.1. The van der Waals surface area contributed by atoms with Gasteiger partial charge in [-0.3, -0.25) is 4.79 Å². The molecule has 1 aromatic heterocycles. The number of ether oxygens (including phenoxy) is 1. The molecule has 0 aliphatic heterocycles. The van der Waals surface area contributed by atoms with Crippen LogP contribution in [0.4, 0.5) is 5.13 Å². The second kappa shape index (κ2) is 7.38. The predicted octanol–water partition coefficient (Wildman–Crippen LogP) is 5.30. The van der Waals surface area contributed by atoms with Crippen molar-refractivity contribution in [2.45, 2.75) is 6.92 Å². The smallest absolute Gasteiger partial charge is 0.184 e. The van der Waals surface area contributed by atoms with Crippen LogP contribution in [0.25, 0.3) is 10.2 Å². The first-order valence-corrected chi connectivity index (χ1v) is 8.90. The normalized spacial score (nSPS) is 10.8. The van der Waals surface area contributed by atoms with Crippen LogP contribution in [-0.4, -0.2) is 23.9 Å². The molecule has 0 atom stereocenters. The van der Waals surface area contributed by atoms with Crippen molar-refractivity contribution in [1.29, 1.82) is 0 Å². The Hall–Kier alpha value is -1.82. The van der Waals surface area contributed by atoms with Gasteiger partial charge in [0.1, 0.15) is 11.3 Å². The topological polar surface area (TPSA) is 51.2 Å².